The topological polar surface area (TPSA) is 36.4 Å². The second-order valence-electron chi connectivity index (χ2n) is 7.59. The number of aliphatic hydroxyl groups is 1. The van der Waals surface area contributed by atoms with Gasteiger partial charge in [-0.1, -0.05) is 43.2 Å². The fourth-order valence-corrected chi connectivity index (χ4v) is 4.78. The molecule has 6 heteroatoms. The Bertz CT molecular complexity index is 778. The predicted molar refractivity (Wildman–Crippen MR) is 97.3 cm³/mol. The second kappa shape index (κ2) is 6.82. The highest BCUT2D eigenvalue weighted by Gasteiger charge is 2.49. The maximum atomic E-state index is 12.8. The van der Waals surface area contributed by atoms with Crippen LogP contribution in [0.25, 0.3) is 0 Å². The summed E-state index contributed by atoms with van der Waals surface area (Å²) in [5.74, 6) is 0.613. The first kappa shape index (κ1) is 18.3. The van der Waals surface area contributed by atoms with Crippen molar-refractivity contribution in [2.75, 3.05) is 11.4 Å². The molecule has 0 amide bonds. The average molecular weight is 376 g/mol. The number of alkyl halides is 3. The van der Waals surface area contributed by atoms with Crippen LogP contribution < -0.4 is 4.90 Å². The van der Waals surface area contributed by atoms with Gasteiger partial charge < -0.3 is 10.0 Å². The lowest BCUT2D eigenvalue weighted by molar-refractivity contribution is -0.137. The number of fused-ring (bicyclic) bond motifs is 1. The first-order valence-corrected chi connectivity index (χ1v) is 9.47. The number of piperidine rings is 1. The third-order valence-electron chi connectivity index (χ3n) is 6.12. The van der Waals surface area contributed by atoms with Gasteiger partial charge in [0.15, 0.2) is 0 Å². The normalized spacial score (nSPS) is 28.7. The zero-order valence-electron chi connectivity index (χ0n) is 15.0. The molecule has 3 nitrogen and oxygen atoms in total. The zero-order valence-corrected chi connectivity index (χ0v) is 15.0. The third kappa shape index (κ3) is 3.31. The van der Waals surface area contributed by atoms with Crippen molar-refractivity contribution in [3.05, 3.63) is 59.8 Å². The molecule has 1 saturated carbocycles. The van der Waals surface area contributed by atoms with Crippen LogP contribution in [0.4, 0.5) is 19.0 Å². The summed E-state index contributed by atoms with van der Waals surface area (Å²) in [4.78, 5) is 6.20. The molecule has 2 aliphatic rings. The van der Waals surface area contributed by atoms with Gasteiger partial charge in [0.05, 0.1) is 11.2 Å². The van der Waals surface area contributed by atoms with E-state index in [0.29, 0.717) is 18.8 Å². The second-order valence-corrected chi connectivity index (χ2v) is 7.59. The molecule has 27 heavy (non-hydrogen) atoms. The minimum Gasteiger partial charge on any atom is -0.385 e. The van der Waals surface area contributed by atoms with E-state index in [9.17, 15) is 18.3 Å². The number of rotatable bonds is 2. The summed E-state index contributed by atoms with van der Waals surface area (Å²) in [5.41, 5.74) is -0.694. The number of pyridine rings is 1. The van der Waals surface area contributed by atoms with Crippen LogP contribution in [0.1, 0.15) is 43.2 Å². The van der Waals surface area contributed by atoms with E-state index in [1.165, 1.54) is 6.07 Å². The maximum absolute atomic E-state index is 12.8. The quantitative estimate of drug-likeness (QED) is 0.821. The number of aromatic nitrogens is 1. The Balaban J connectivity index is 1.64. The van der Waals surface area contributed by atoms with Gasteiger partial charge in [-0.3, -0.25) is 0 Å². The molecule has 144 valence electrons. The summed E-state index contributed by atoms with van der Waals surface area (Å²) in [5, 5.41) is 11.6. The summed E-state index contributed by atoms with van der Waals surface area (Å²) in [6, 6.07) is 12.4. The largest absolute Gasteiger partial charge is 0.417 e. The minimum absolute atomic E-state index is 0.0477. The van der Waals surface area contributed by atoms with Crippen molar-refractivity contribution in [3.8, 4) is 0 Å². The molecular formula is C21H23F3N2O. The van der Waals surface area contributed by atoms with Crippen molar-refractivity contribution in [1.82, 2.24) is 4.98 Å². The van der Waals surface area contributed by atoms with Gasteiger partial charge in [0.25, 0.3) is 0 Å². The summed E-state index contributed by atoms with van der Waals surface area (Å²) in [6.45, 7) is 0.574. The first-order chi connectivity index (χ1) is 12.9. The van der Waals surface area contributed by atoms with Crippen molar-refractivity contribution in [2.45, 2.75) is 49.9 Å². The number of anilines is 1. The monoisotopic (exact) mass is 376 g/mol. The van der Waals surface area contributed by atoms with Crippen LogP contribution >= 0.6 is 0 Å². The van der Waals surface area contributed by atoms with Crippen molar-refractivity contribution < 1.29 is 18.3 Å². The van der Waals surface area contributed by atoms with Gasteiger partial charge >= 0.3 is 6.18 Å². The number of hydrogen-bond acceptors (Lipinski definition) is 3. The summed E-state index contributed by atoms with van der Waals surface area (Å²) in [7, 11) is 0. The summed E-state index contributed by atoms with van der Waals surface area (Å²) in [6.07, 6.45) is 1.02. The highest BCUT2D eigenvalue weighted by molar-refractivity contribution is 5.44. The van der Waals surface area contributed by atoms with Crippen molar-refractivity contribution in [1.29, 1.82) is 0 Å². The molecule has 0 bridgehead atoms. The molecule has 1 aliphatic heterocycles. The molecule has 4 rings (SSSR count). The van der Waals surface area contributed by atoms with Crippen LogP contribution in [-0.4, -0.2) is 22.7 Å². The van der Waals surface area contributed by atoms with Crippen LogP contribution in [0.2, 0.25) is 0 Å². The zero-order chi connectivity index (χ0) is 19.1. The van der Waals surface area contributed by atoms with E-state index >= 15 is 0 Å². The van der Waals surface area contributed by atoms with E-state index in [1.54, 1.807) is 0 Å². The molecule has 2 fully saturated rings. The molecule has 2 aromatic rings. The van der Waals surface area contributed by atoms with Gasteiger partial charge in [0.2, 0.25) is 0 Å². The van der Waals surface area contributed by atoms with Gasteiger partial charge in [-0.15, -0.1) is 0 Å². The lowest BCUT2D eigenvalue weighted by Crippen LogP contribution is -2.57. The highest BCUT2D eigenvalue weighted by Crippen LogP contribution is 2.47. The Morgan fingerprint density at radius 1 is 1.04 bits per heavy atom. The number of halogens is 3. The molecule has 1 aliphatic carbocycles. The van der Waals surface area contributed by atoms with Crippen LogP contribution in [-0.2, 0) is 11.8 Å². The molecule has 3 unspecified atom stereocenters. The summed E-state index contributed by atoms with van der Waals surface area (Å²) >= 11 is 0. The first-order valence-electron chi connectivity index (χ1n) is 9.47. The fraction of sp³-hybridized carbons (Fsp3) is 0.476. The van der Waals surface area contributed by atoms with Gasteiger partial charge in [-0.05, 0) is 37.0 Å². The molecule has 3 atom stereocenters. The smallest absolute Gasteiger partial charge is 0.385 e. The molecule has 1 saturated heterocycles. The van der Waals surface area contributed by atoms with Gasteiger partial charge in [-0.2, -0.15) is 13.2 Å². The molecule has 0 spiro atoms. The molecule has 1 aromatic heterocycles. The Morgan fingerprint density at radius 3 is 2.44 bits per heavy atom. The van der Waals surface area contributed by atoms with Crippen molar-refractivity contribution >= 4 is 5.82 Å². The lowest BCUT2D eigenvalue weighted by atomic mass is 9.66. The molecule has 1 N–H and O–H groups in total. The Hall–Kier alpha value is -2.08. The number of nitrogens with zero attached hydrogens (tertiary/aromatic N) is 2. The van der Waals surface area contributed by atoms with Crippen LogP contribution in [0.3, 0.4) is 0 Å². The average Bonchev–Trinajstić information content (AvgIpc) is 2.69. The van der Waals surface area contributed by atoms with Crippen LogP contribution in [0, 0.1) is 5.92 Å². The number of hydrogen-bond donors (Lipinski definition) is 1. The standard InChI is InChI=1S/C21H23F3N2O/c22-21(23,24)16-10-11-19(25-14-16)26-13-12-20(27,15-6-2-1-3-7-15)17-8-4-5-9-18(17)26/h1-3,6-7,10-11,14,17-18,27H,4-5,8-9,12-13H2. The molecular weight excluding hydrogens is 353 g/mol. The maximum Gasteiger partial charge on any atom is 0.417 e. The van der Waals surface area contributed by atoms with E-state index in [1.807, 2.05) is 30.3 Å². The number of benzene rings is 1. The van der Waals surface area contributed by atoms with E-state index in [4.69, 9.17) is 0 Å². The summed E-state index contributed by atoms with van der Waals surface area (Å²) < 4.78 is 38.5. The molecule has 0 radical (unpaired) electrons. The van der Waals surface area contributed by atoms with Crippen molar-refractivity contribution in [3.63, 3.8) is 0 Å². The minimum atomic E-state index is -4.38. The van der Waals surface area contributed by atoms with Gasteiger partial charge in [0, 0.05) is 24.7 Å². The van der Waals surface area contributed by atoms with Gasteiger partial charge in [-0.25, -0.2) is 4.98 Å². The molecule has 2 heterocycles. The Morgan fingerprint density at radius 2 is 1.78 bits per heavy atom. The van der Waals surface area contributed by atoms with E-state index in [0.717, 1.165) is 43.5 Å². The molecule has 1 aromatic carbocycles. The van der Waals surface area contributed by atoms with E-state index in [2.05, 4.69) is 9.88 Å². The van der Waals surface area contributed by atoms with E-state index < -0.39 is 17.3 Å². The van der Waals surface area contributed by atoms with E-state index in [-0.39, 0.29) is 12.0 Å². The Kier molecular flexibility index (Phi) is 4.62. The third-order valence-corrected chi connectivity index (χ3v) is 6.12. The lowest BCUT2D eigenvalue weighted by Gasteiger charge is -2.53. The van der Waals surface area contributed by atoms with Crippen LogP contribution in [0.5, 0.6) is 0 Å². The predicted octanol–water partition coefficient (Wildman–Crippen LogP) is 4.76. The van der Waals surface area contributed by atoms with Crippen molar-refractivity contribution in [2.24, 2.45) is 5.92 Å². The fourth-order valence-electron chi connectivity index (χ4n) is 4.78. The van der Waals surface area contributed by atoms with Gasteiger partial charge in [0.1, 0.15) is 5.82 Å². The van der Waals surface area contributed by atoms with Crippen LogP contribution in [0.15, 0.2) is 48.7 Å². The SMILES string of the molecule is OC1(c2ccccc2)CCN(c2ccc(C(F)(F)F)cn2)C2CCCCC21. The Labute approximate surface area is 156 Å². The highest BCUT2D eigenvalue weighted by atomic mass is 19.4.